The fourth-order valence-corrected chi connectivity index (χ4v) is 3.60. The number of ether oxygens (including phenoxy) is 1. The van der Waals surface area contributed by atoms with Crippen molar-refractivity contribution in [3.63, 3.8) is 0 Å². The van der Waals surface area contributed by atoms with Gasteiger partial charge in [0.1, 0.15) is 5.75 Å². The number of methoxy groups -OCH3 is 1. The summed E-state index contributed by atoms with van der Waals surface area (Å²) in [4.78, 5) is 3.28. The smallest absolute Gasteiger partial charge is 0.268 e. The molecule has 0 saturated carbocycles. The predicted molar refractivity (Wildman–Crippen MR) is 84.5 cm³/mol. The molecule has 0 aliphatic rings. The average molecular weight is 316 g/mol. The zero-order valence-electron chi connectivity index (χ0n) is 12.3. The number of hydrogen-bond donors (Lipinski definition) is 1. The Balaban J connectivity index is 2.09. The lowest BCUT2D eigenvalue weighted by Gasteiger charge is -2.10. The van der Waals surface area contributed by atoms with E-state index in [0.717, 1.165) is 5.56 Å². The topological polar surface area (TPSA) is 64.1 Å². The second-order valence-corrected chi connectivity index (χ2v) is 6.78. The van der Waals surface area contributed by atoms with Crippen LogP contribution in [0, 0.1) is 6.92 Å². The van der Waals surface area contributed by atoms with Crippen molar-refractivity contribution in [2.24, 2.45) is 0 Å². The Labute approximate surface area is 129 Å². The summed E-state index contributed by atoms with van der Waals surface area (Å²) in [6, 6.07) is 12.0. The van der Waals surface area contributed by atoms with Crippen molar-refractivity contribution in [2.45, 2.75) is 11.8 Å². The van der Waals surface area contributed by atoms with Gasteiger partial charge >= 0.3 is 0 Å². The SMILES string of the molecule is COc1c[nH]c(-c2cccn2S(=O)(=O)c2ccc(C)cc2)c1. The van der Waals surface area contributed by atoms with Crippen molar-refractivity contribution < 1.29 is 13.2 Å². The van der Waals surface area contributed by atoms with Gasteiger partial charge in [-0.2, -0.15) is 0 Å². The van der Waals surface area contributed by atoms with Gasteiger partial charge in [-0.15, -0.1) is 0 Å². The third-order valence-electron chi connectivity index (χ3n) is 3.46. The van der Waals surface area contributed by atoms with Gasteiger partial charge in [-0.1, -0.05) is 17.7 Å². The van der Waals surface area contributed by atoms with Gasteiger partial charge in [0.2, 0.25) is 0 Å². The highest BCUT2D eigenvalue weighted by Crippen LogP contribution is 2.27. The molecule has 0 spiro atoms. The molecule has 114 valence electrons. The predicted octanol–water partition coefficient (Wildman–Crippen LogP) is 3.04. The Bertz CT molecular complexity index is 890. The maximum Gasteiger partial charge on any atom is 0.268 e. The van der Waals surface area contributed by atoms with E-state index < -0.39 is 10.0 Å². The first-order valence-corrected chi connectivity index (χ1v) is 8.19. The Kier molecular flexibility index (Phi) is 3.54. The monoisotopic (exact) mass is 316 g/mol. The van der Waals surface area contributed by atoms with Crippen LogP contribution in [-0.4, -0.2) is 24.5 Å². The first kappa shape index (κ1) is 14.5. The van der Waals surface area contributed by atoms with E-state index in [9.17, 15) is 8.42 Å². The molecule has 0 aliphatic carbocycles. The molecule has 3 rings (SSSR count). The fraction of sp³-hybridized carbons (Fsp3) is 0.125. The molecule has 3 aromatic rings. The van der Waals surface area contributed by atoms with E-state index in [1.807, 2.05) is 6.92 Å². The summed E-state index contributed by atoms with van der Waals surface area (Å²) < 4.78 is 32.0. The minimum atomic E-state index is -3.63. The average Bonchev–Trinajstić information content (AvgIpc) is 3.16. The highest BCUT2D eigenvalue weighted by atomic mass is 32.2. The molecule has 1 N–H and O–H groups in total. The Morgan fingerprint density at radius 1 is 1.14 bits per heavy atom. The number of aromatic nitrogens is 2. The highest BCUT2D eigenvalue weighted by molar-refractivity contribution is 7.90. The van der Waals surface area contributed by atoms with Crippen LogP contribution in [0.15, 0.2) is 59.8 Å². The first-order chi connectivity index (χ1) is 10.5. The third kappa shape index (κ3) is 2.42. The summed E-state index contributed by atoms with van der Waals surface area (Å²) in [6.45, 7) is 1.92. The molecule has 0 unspecified atom stereocenters. The molecule has 2 aromatic heterocycles. The first-order valence-electron chi connectivity index (χ1n) is 6.75. The molecule has 0 fully saturated rings. The maximum atomic E-state index is 12.8. The molecule has 0 bridgehead atoms. The van der Waals surface area contributed by atoms with E-state index in [4.69, 9.17) is 4.74 Å². The van der Waals surface area contributed by atoms with Gasteiger partial charge < -0.3 is 9.72 Å². The van der Waals surface area contributed by atoms with Crippen LogP contribution in [0.3, 0.4) is 0 Å². The molecule has 0 saturated heterocycles. The fourth-order valence-electron chi connectivity index (χ4n) is 2.25. The molecule has 0 amide bonds. The van der Waals surface area contributed by atoms with E-state index >= 15 is 0 Å². The van der Waals surface area contributed by atoms with Crippen LogP contribution < -0.4 is 4.74 Å². The molecular formula is C16H16N2O3S. The van der Waals surface area contributed by atoms with Gasteiger partial charge in [0, 0.05) is 18.5 Å². The molecule has 2 heterocycles. The van der Waals surface area contributed by atoms with E-state index in [1.165, 1.54) is 10.2 Å². The summed E-state index contributed by atoms with van der Waals surface area (Å²) in [5.74, 6) is 0.649. The van der Waals surface area contributed by atoms with Crippen LogP contribution >= 0.6 is 0 Å². The normalized spacial score (nSPS) is 11.5. The molecule has 0 radical (unpaired) electrons. The molecule has 1 aromatic carbocycles. The van der Waals surface area contributed by atoms with Crippen molar-refractivity contribution in [3.8, 4) is 17.1 Å². The molecular weight excluding hydrogens is 300 g/mol. The third-order valence-corrected chi connectivity index (χ3v) is 5.16. The minimum absolute atomic E-state index is 0.258. The van der Waals surface area contributed by atoms with Crippen LogP contribution in [0.2, 0.25) is 0 Å². The molecule has 22 heavy (non-hydrogen) atoms. The van der Waals surface area contributed by atoms with Crippen LogP contribution in [0.1, 0.15) is 5.56 Å². The lowest BCUT2D eigenvalue weighted by molar-refractivity contribution is 0.415. The Morgan fingerprint density at radius 3 is 2.50 bits per heavy atom. The largest absolute Gasteiger partial charge is 0.495 e. The van der Waals surface area contributed by atoms with Crippen molar-refractivity contribution >= 4 is 10.0 Å². The van der Waals surface area contributed by atoms with Crippen molar-refractivity contribution in [2.75, 3.05) is 7.11 Å². The zero-order chi connectivity index (χ0) is 15.7. The quantitative estimate of drug-likeness (QED) is 0.804. The summed E-state index contributed by atoms with van der Waals surface area (Å²) >= 11 is 0. The van der Waals surface area contributed by atoms with Crippen molar-refractivity contribution in [3.05, 3.63) is 60.4 Å². The van der Waals surface area contributed by atoms with Crippen LogP contribution in [-0.2, 0) is 10.0 Å². The summed E-state index contributed by atoms with van der Waals surface area (Å²) in [7, 11) is -2.07. The van der Waals surface area contributed by atoms with Gasteiger partial charge in [0.25, 0.3) is 10.0 Å². The minimum Gasteiger partial charge on any atom is -0.495 e. The molecule has 0 aliphatic heterocycles. The number of nitrogens with one attached hydrogen (secondary N) is 1. The Morgan fingerprint density at radius 2 is 1.86 bits per heavy atom. The number of rotatable bonds is 4. The second kappa shape index (κ2) is 5.38. The van der Waals surface area contributed by atoms with Crippen LogP contribution in [0.5, 0.6) is 5.75 Å². The van der Waals surface area contributed by atoms with Crippen molar-refractivity contribution in [1.29, 1.82) is 0 Å². The van der Waals surface area contributed by atoms with E-state index in [1.54, 1.807) is 55.8 Å². The summed E-state index contributed by atoms with van der Waals surface area (Å²) in [5.41, 5.74) is 2.25. The van der Waals surface area contributed by atoms with E-state index in [2.05, 4.69) is 4.98 Å². The number of benzene rings is 1. The lowest BCUT2D eigenvalue weighted by Crippen LogP contribution is -2.13. The number of aromatic amines is 1. The number of hydrogen-bond acceptors (Lipinski definition) is 3. The van der Waals surface area contributed by atoms with Crippen LogP contribution in [0.25, 0.3) is 11.4 Å². The van der Waals surface area contributed by atoms with Gasteiger partial charge in [-0.25, -0.2) is 12.4 Å². The van der Waals surface area contributed by atoms with E-state index in [-0.39, 0.29) is 4.90 Å². The standard InChI is InChI=1S/C16H16N2O3S/c1-12-5-7-14(8-6-12)22(19,20)18-9-3-4-16(18)15-10-13(21-2)11-17-15/h3-11,17H,1-2H3. The highest BCUT2D eigenvalue weighted by Gasteiger charge is 2.20. The molecule has 0 atom stereocenters. The van der Waals surface area contributed by atoms with Gasteiger partial charge in [-0.05, 0) is 31.2 Å². The van der Waals surface area contributed by atoms with Crippen LogP contribution in [0.4, 0.5) is 0 Å². The number of aryl methyl sites for hydroxylation is 1. The number of H-pyrrole nitrogens is 1. The lowest BCUT2D eigenvalue weighted by atomic mass is 10.2. The van der Waals surface area contributed by atoms with Gasteiger partial charge in [-0.3, -0.25) is 0 Å². The number of nitrogens with zero attached hydrogens (tertiary/aromatic N) is 1. The molecule has 6 heteroatoms. The summed E-state index contributed by atoms with van der Waals surface area (Å²) in [6.07, 6.45) is 3.23. The summed E-state index contributed by atoms with van der Waals surface area (Å²) in [5, 5.41) is 0. The maximum absolute atomic E-state index is 12.8. The Hall–Kier alpha value is -2.47. The molecule has 5 nitrogen and oxygen atoms in total. The van der Waals surface area contributed by atoms with Gasteiger partial charge in [0.15, 0.2) is 0 Å². The van der Waals surface area contributed by atoms with Gasteiger partial charge in [0.05, 0.1) is 23.4 Å². The second-order valence-electron chi connectivity index (χ2n) is 4.96. The van der Waals surface area contributed by atoms with Crippen molar-refractivity contribution in [1.82, 2.24) is 8.96 Å². The van der Waals surface area contributed by atoms with E-state index in [0.29, 0.717) is 17.1 Å². The zero-order valence-corrected chi connectivity index (χ0v) is 13.1.